The number of nitrogens with one attached hydrogen (secondary N) is 1. The van der Waals surface area contributed by atoms with Gasteiger partial charge in [-0.2, -0.15) is 0 Å². The lowest BCUT2D eigenvalue weighted by molar-refractivity contribution is -0.137. The number of hydrogen-bond acceptors (Lipinski definition) is 5. The summed E-state index contributed by atoms with van der Waals surface area (Å²) in [5.41, 5.74) is 3.35. The fourth-order valence-electron chi connectivity index (χ4n) is 5.69. The quantitative estimate of drug-likeness (QED) is 0.145. The highest BCUT2D eigenvalue weighted by atomic mass is 35.5. The highest BCUT2D eigenvalue weighted by molar-refractivity contribution is 6.33. The Balaban J connectivity index is 1.20. The van der Waals surface area contributed by atoms with Gasteiger partial charge in [0.1, 0.15) is 18.4 Å². The van der Waals surface area contributed by atoms with Crippen molar-refractivity contribution in [2.75, 3.05) is 29.9 Å². The Morgan fingerprint density at radius 1 is 0.884 bits per heavy atom. The minimum atomic E-state index is -0.996. The number of rotatable bonds is 14. The molecular formula is C36H37ClN2O4. The highest BCUT2D eigenvalue weighted by Crippen LogP contribution is 2.31. The summed E-state index contributed by atoms with van der Waals surface area (Å²) in [6.07, 6.45) is 5.33. The Morgan fingerprint density at radius 2 is 1.56 bits per heavy atom. The Labute approximate surface area is 258 Å². The maximum absolute atomic E-state index is 13.1. The average Bonchev–Trinajstić information content (AvgIpc) is 3.55. The van der Waals surface area contributed by atoms with E-state index >= 15 is 0 Å². The number of carbonyl (C=O) groups is 2. The lowest BCUT2D eigenvalue weighted by Gasteiger charge is -2.28. The molecule has 6 nitrogen and oxygen atoms in total. The van der Waals surface area contributed by atoms with Gasteiger partial charge in [0, 0.05) is 29.8 Å². The summed E-state index contributed by atoms with van der Waals surface area (Å²) in [5, 5.41) is 13.8. The van der Waals surface area contributed by atoms with Crippen molar-refractivity contribution < 1.29 is 19.4 Å². The molecule has 5 rings (SSSR count). The van der Waals surface area contributed by atoms with Gasteiger partial charge in [-0.05, 0) is 60.7 Å². The van der Waals surface area contributed by atoms with Crippen LogP contribution in [0, 0.1) is 5.92 Å². The third kappa shape index (κ3) is 8.17. The van der Waals surface area contributed by atoms with Crippen molar-refractivity contribution in [3.63, 3.8) is 0 Å². The van der Waals surface area contributed by atoms with E-state index in [2.05, 4.69) is 16.3 Å². The van der Waals surface area contributed by atoms with Gasteiger partial charge < -0.3 is 20.1 Å². The standard InChI is InChI=1S/C36H37ClN2O4/c37-31-15-7-9-17-34(31)39(25-27-10-4-5-11-27)22-23-43-29-20-18-26(19-21-29)24-33(36(41)42)38-32-16-8-6-14-30(32)35(40)28-12-2-1-3-13-28/h1-3,6-9,12-21,27,33,38H,4-5,10-11,22-25H2,(H,41,42)/t33-/m0/s1. The van der Waals surface area contributed by atoms with E-state index in [-0.39, 0.29) is 12.2 Å². The number of aliphatic carboxylic acids is 1. The summed E-state index contributed by atoms with van der Waals surface area (Å²) < 4.78 is 6.10. The Kier molecular flexibility index (Phi) is 10.3. The molecule has 7 heteroatoms. The van der Waals surface area contributed by atoms with Crippen LogP contribution in [0.1, 0.15) is 47.2 Å². The van der Waals surface area contributed by atoms with E-state index in [4.69, 9.17) is 16.3 Å². The zero-order valence-corrected chi connectivity index (χ0v) is 24.9. The number of carbonyl (C=O) groups excluding carboxylic acids is 1. The van der Waals surface area contributed by atoms with Crippen LogP contribution in [0.15, 0.2) is 103 Å². The van der Waals surface area contributed by atoms with Gasteiger partial charge in [0.25, 0.3) is 0 Å². The Hall–Kier alpha value is -4.29. The molecule has 0 unspecified atom stereocenters. The summed E-state index contributed by atoms with van der Waals surface area (Å²) in [6.45, 7) is 2.19. The van der Waals surface area contributed by atoms with Gasteiger partial charge in [-0.1, -0.05) is 91.2 Å². The molecule has 1 aliphatic carbocycles. The Morgan fingerprint density at radius 3 is 2.28 bits per heavy atom. The molecule has 1 fully saturated rings. The van der Waals surface area contributed by atoms with Crippen molar-refractivity contribution in [1.29, 1.82) is 0 Å². The molecule has 0 aliphatic heterocycles. The molecule has 0 aromatic heterocycles. The molecule has 0 saturated heterocycles. The van der Waals surface area contributed by atoms with Gasteiger partial charge in [-0.25, -0.2) is 4.79 Å². The Bertz CT molecular complexity index is 1500. The van der Waals surface area contributed by atoms with Gasteiger partial charge in [-0.15, -0.1) is 0 Å². The van der Waals surface area contributed by atoms with Crippen LogP contribution in [0.3, 0.4) is 0 Å². The molecule has 43 heavy (non-hydrogen) atoms. The molecule has 2 N–H and O–H groups in total. The van der Waals surface area contributed by atoms with E-state index in [1.165, 1.54) is 25.7 Å². The lowest BCUT2D eigenvalue weighted by atomic mass is 10.00. The third-order valence-electron chi connectivity index (χ3n) is 7.98. The van der Waals surface area contributed by atoms with E-state index in [1.54, 1.807) is 36.4 Å². The molecule has 4 aromatic rings. The fourth-order valence-corrected chi connectivity index (χ4v) is 5.95. The average molecular weight is 597 g/mol. The van der Waals surface area contributed by atoms with Crippen molar-refractivity contribution in [2.45, 2.75) is 38.1 Å². The van der Waals surface area contributed by atoms with Crippen LogP contribution in [0.25, 0.3) is 0 Å². The summed E-state index contributed by atoms with van der Waals surface area (Å²) in [7, 11) is 0. The summed E-state index contributed by atoms with van der Waals surface area (Å²) in [6, 6.07) is 30.5. The molecule has 0 spiro atoms. The molecule has 222 valence electrons. The van der Waals surface area contributed by atoms with Gasteiger partial charge in [0.05, 0.1) is 17.3 Å². The molecule has 0 radical (unpaired) electrons. The SMILES string of the molecule is O=C(c1ccccc1)c1ccccc1N[C@@H](Cc1ccc(OCCN(CC2CCCC2)c2ccccc2Cl)cc1)C(=O)O. The number of ketones is 1. The molecule has 0 heterocycles. The molecule has 0 amide bonds. The fraction of sp³-hybridized carbons (Fsp3) is 0.278. The van der Waals surface area contributed by atoms with Crippen LogP contribution in [0.5, 0.6) is 5.75 Å². The van der Waals surface area contributed by atoms with Gasteiger partial charge >= 0.3 is 5.97 Å². The monoisotopic (exact) mass is 596 g/mol. The molecule has 4 aromatic carbocycles. The number of benzene rings is 4. The number of hydrogen-bond donors (Lipinski definition) is 2. The van der Waals surface area contributed by atoms with E-state index in [9.17, 15) is 14.7 Å². The van der Waals surface area contributed by atoms with Crippen molar-refractivity contribution in [2.24, 2.45) is 5.92 Å². The minimum absolute atomic E-state index is 0.161. The van der Waals surface area contributed by atoms with Gasteiger partial charge in [0.15, 0.2) is 5.78 Å². The molecular weight excluding hydrogens is 560 g/mol. The second-order valence-corrected chi connectivity index (χ2v) is 11.4. The van der Waals surface area contributed by atoms with E-state index in [1.807, 2.05) is 60.7 Å². The van der Waals surface area contributed by atoms with E-state index in [0.717, 1.165) is 28.6 Å². The minimum Gasteiger partial charge on any atom is -0.492 e. The predicted octanol–water partition coefficient (Wildman–Crippen LogP) is 7.75. The first-order valence-electron chi connectivity index (χ1n) is 14.9. The van der Waals surface area contributed by atoms with Gasteiger partial charge in [0.2, 0.25) is 0 Å². The van der Waals surface area contributed by atoms with Crippen molar-refractivity contribution in [3.8, 4) is 5.75 Å². The normalized spacial score (nSPS) is 13.8. The van der Waals surface area contributed by atoms with Gasteiger partial charge in [-0.3, -0.25) is 4.79 Å². The van der Waals surface area contributed by atoms with Crippen LogP contribution < -0.4 is 15.0 Å². The molecule has 1 atom stereocenters. The zero-order chi connectivity index (χ0) is 30.0. The lowest BCUT2D eigenvalue weighted by Crippen LogP contribution is -2.33. The van der Waals surface area contributed by atoms with Crippen molar-refractivity contribution >= 4 is 34.7 Å². The summed E-state index contributed by atoms with van der Waals surface area (Å²) in [5.74, 6) is 0.243. The van der Waals surface area contributed by atoms with E-state index in [0.29, 0.717) is 35.9 Å². The summed E-state index contributed by atoms with van der Waals surface area (Å²) in [4.78, 5) is 27.7. The number of ether oxygens (including phenoxy) is 1. The number of carboxylic acid groups (broad SMARTS) is 1. The second kappa shape index (κ2) is 14.7. The van der Waals surface area contributed by atoms with Crippen LogP contribution in [-0.2, 0) is 11.2 Å². The third-order valence-corrected chi connectivity index (χ3v) is 8.29. The number of anilines is 2. The maximum atomic E-state index is 13.1. The summed E-state index contributed by atoms with van der Waals surface area (Å²) >= 11 is 6.54. The zero-order valence-electron chi connectivity index (χ0n) is 24.1. The number of para-hydroxylation sites is 2. The van der Waals surface area contributed by atoms with Crippen LogP contribution in [0.2, 0.25) is 5.02 Å². The second-order valence-electron chi connectivity index (χ2n) is 11.0. The van der Waals surface area contributed by atoms with Crippen LogP contribution >= 0.6 is 11.6 Å². The number of nitrogens with zero attached hydrogens (tertiary/aromatic N) is 1. The first-order valence-corrected chi connectivity index (χ1v) is 15.2. The molecule has 1 saturated carbocycles. The maximum Gasteiger partial charge on any atom is 0.326 e. The largest absolute Gasteiger partial charge is 0.492 e. The predicted molar refractivity (Wildman–Crippen MR) is 173 cm³/mol. The smallest absolute Gasteiger partial charge is 0.326 e. The molecule has 1 aliphatic rings. The van der Waals surface area contributed by atoms with Crippen LogP contribution in [-0.4, -0.2) is 42.6 Å². The first kappa shape index (κ1) is 30.2. The van der Waals surface area contributed by atoms with Crippen molar-refractivity contribution in [3.05, 3.63) is 125 Å². The number of halogens is 1. The topological polar surface area (TPSA) is 78.9 Å². The van der Waals surface area contributed by atoms with E-state index < -0.39 is 12.0 Å². The first-order chi connectivity index (χ1) is 21.0. The molecule has 0 bridgehead atoms. The van der Waals surface area contributed by atoms with Crippen molar-refractivity contribution in [1.82, 2.24) is 0 Å². The van der Waals surface area contributed by atoms with Crippen LogP contribution in [0.4, 0.5) is 11.4 Å². The number of carboxylic acids is 1. The highest BCUT2D eigenvalue weighted by Gasteiger charge is 2.22.